The number of carbonyl (C=O) groups excluding carboxylic acids is 2. The molecule has 1 atom stereocenters. The Morgan fingerprint density at radius 1 is 0.818 bits per heavy atom. The predicted molar refractivity (Wildman–Crippen MR) is 128 cm³/mol. The lowest BCUT2D eigenvalue weighted by Gasteiger charge is -2.30. The SMILES string of the molecule is O=C1C(=O)N(c2ccc(N3CCCCC3)cc2)C(c2ccccc2)/C1=C(\O)c1ccncc1. The van der Waals surface area contributed by atoms with E-state index in [1.54, 1.807) is 24.5 Å². The number of nitrogens with zero attached hydrogens (tertiary/aromatic N) is 3. The summed E-state index contributed by atoms with van der Waals surface area (Å²) in [5, 5.41) is 11.1. The number of anilines is 2. The van der Waals surface area contributed by atoms with Gasteiger partial charge in [-0.05, 0) is 61.2 Å². The summed E-state index contributed by atoms with van der Waals surface area (Å²) >= 11 is 0. The Kier molecular flexibility index (Phi) is 5.65. The van der Waals surface area contributed by atoms with Crippen LogP contribution in [0.4, 0.5) is 11.4 Å². The molecular formula is C27H25N3O3. The zero-order valence-corrected chi connectivity index (χ0v) is 18.2. The molecule has 6 nitrogen and oxygen atoms in total. The van der Waals surface area contributed by atoms with E-state index in [-0.39, 0.29) is 11.3 Å². The molecule has 2 aliphatic rings. The molecule has 0 radical (unpaired) electrons. The maximum absolute atomic E-state index is 13.2. The molecule has 0 bridgehead atoms. The van der Waals surface area contributed by atoms with Crippen molar-refractivity contribution in [2.75, 3.05) is 22.9 Å². The van der Waals surface area contributed by atoms with Crippen molar-refractivity contribution in [2.45, 2.75) is 25.3 Å². The fourth-order valence-corrected chi connectivity index (χ4v) is 4.69. The second-order valence-corrected chi connectivity index (χ2v) is 8.38. The van der Waals surface area contributed by atoms with Gasteiger partial charge in [0.1, 0.15) is 5.76 Å². The number of aliphatic hydroxyl groups is 1. The van der Waals surface area contributed by atoms with E-state index >= 15 is 0 Å². The van der Waals surface area contributed by atoms with E-state index in [4.69, 9.17) is 0 Å². The van der Waals surface area contributed by atoms with Crippen LogP contribution in [0.2, 0.25) is 0 Å². The molecule has 2 saturated heterocycles. The number of aliphatic hydroxyl groups excluding tert-OH is 1. The standard InChI is InChI=1S/C27H25N3O3/c31-25(20-13-15-28-16-14-20)23-24(19-7-3-1-4-8-19)30(27(33)26(23)32)22-11-9-21(10-12-22)29-17-5-2-6-18-29/h1,3-4,7-16,24,31H,2,5-6,17-18H2/b25-23+. The number of ketones is 1. The van der Waals surface area contributed by atoms with Crippen molar-refractivity contribution in [1.82, 2.24) is 4.98 Å². The van der Waals surface area contributed by atoms with E-state index in [0.29, 0.717) is 11.3 Å². The first-order chi connectivity index (χ1) is 16.1. The van der Waals surface area contributed by atoms with Crippen LogP contribution in [0.25, 0.3) is 5.76 Å². The fraction of sp³-hybridized carbons (Fsp3) is 0.222. The number of amides is 1. The van der Waals surface area contributed by atoms with Crippen molar-refractivity contribution in [3.8, 4) is 0 Å². The molecule has 0 spiro atoms. The fourth-order valence-electron chi connectivity index (χ4n) is 4.69. The number of hydrogen-bond donors (Lipinski definition) is 1. The van der Waals surface area contributed by atoms with Crippen molar-refractivity contribution in [2.24, 2.45) is 0 Å². The van der Waals surface area contributed by atoms with Gasteiger partial charge in [-0.25, -0.2) is 0 Å². The van der Waals surface area contributed by atoms with Crippen molar-refractivity contribution in [3.63, 3.8) is 0 Å². The van der Waals surface area contributed by atoms with Gasteiger partial charge in [-0.1, -0.05) is 30.3 Å². The average Bonchev–Trinajstić information content (AvgIpc) is 3.15. The molecule has 6 heteroatoms. The lowest BCUT2D eigenvalue weighted by Crippen LogP contribution is -2.30. The summed E-state index contributed by atoms with van der Waals surface area (Å²) in [6.45, 7) is 2.06. The smallest absolute Gasteiger partial charge is 0.300 e. The molecule has 0 aliphatic carbocycles. The summed E-state index contributed by atoms with van der Waals surface area (Å²) in [5.74, 6) is -1.54. The van der Waals surface area contributed by atoms with Crippen LogP contribution in [0.1, 0.15) is 36.4 Å². The molecule has 2 aliphatic heterocycles. The van der Waals surface area contributed by atoms with Crippen molar-refractivity contribution < 1.29 is 14.7 Å². The average molecular weight is 440 g/mol. The van der Waals surface area contributed by atoms with Crippen LogP contribution in [0.15, 0.2) is 84.7 Å². The zero-order valence-electron chi connectivity index (χ0n) is 18.2. The Morgan fingerprint density at radius 3 is 2.12 bits per heavy atom. The Labute approximate surface area is 192 Å². The van der Waals surface area contributed by atoms with E-state index < -0.39 is 17.7 Å². The van der Waals surface area contributed by atoms with Crippen LogP contribution in [0, 0.1) is 0 Å². The van der Waals surface area contributed by atoms with Crippen molar-refractivity contribution >= 4 is 28.8 Å². The molecular weight excluding hydrogens is 414 g/mol. The predicted octanol–water partition coefficient (Wildman–Crippen LogP) is 4.70. The highest BCUT2D eigenvalue weighted by Gasteiger charge is 2.46. The number of aromatic nitrogens is 1. The van der Waals surface area contributed by atoms with Gasteiger partial charge in [-0.3, -0.25) is 19.5 Å². The van der Waals surface area contributed by atoms with Gasteiger partial charge in [0.05, 0.1) is 11.6 Å². The van der Waals surface area contributed by atoms with Crippen molar-refractivity contribution in [1.29, 1.82) is 0 Å². The van der Waals surface area contributed by atoms with E-state index in [9.17, 15) is 14.7 Å². The normalized spacial score (nSPS) is 20.3. The lowest BCUT2D eigenvalue weighted by atomic mass is 9.95. The molecule has 33 heavy (non-hydrogen) atoms. The number of benzene rings is 2. The summed E-state index contributed by atoms with van der Waals surface area (Å²) in [6.07, 6.45) is 6.70. The summed E-state index contributed by atoms with van der Waals surface area (Å²) in [5.41, 5.74) is 3.03. The summed E-state index contributed by atoms with van der Waals surface area (Å²) in [7, 11) is 0. The minimum Gasteiger partial charge on any atom is -0.507 e. The highest BCUT2D eigenvalue weighted by molar-refractivity contribution is 6.51. The first-order valence-corrected chi connectivity index (χ1v) is 11.3. The largest absolute Gasteiger partial charge is 0.507 e. The number of hydrogen-bond acceptors (Lipinski definition) is 5. The van der Waals surface area contributed by atoms with E-state index in [2.05, 4.69) is 9.88 Å². The van der Waals surface area contributed by atoms with Crippen LogP contribution in [-0.4, -0.2) is 34.9 Å². The topological polar surface area (TPSA) is 73.7 Å². The molecule has 3 heterocycles. The molecule has 1 amide bonds. The van der Waals surface area contributed by atoms with Gasteiger partial charge in [0.2, 0.25) is 0 Å². The van der Waals surface area contributed by atoms with Gasteiger partial charge in [-0.2, -0.15) is 0 Å². The number of pyridine rings is 1. The molecule has 3 aromatic rings. The Hall–Kier alpha value is -3.93. The minimum atomic E-state index is -0.722. The second-order valence-electron chi connectivity index (χ2n) is 8.38. The number of Topliss-reactive ketones (excluding diaryl/α,β-unsaturated/α-hetero) is 1. The van der Waals surface area contributed by atoms with Crippen LogP contribution >= 0.6 is 0 Å². The first-order valence-electron chi connectivity index (χ1n) is 11.3. The molecule has 1 N–H and O–H groups in total. The number of piperidine rings is 1. The first kappa shape index (κ1) is 20.9. The van der Waals surface area contributed by atoms with E-state index in [1.807, 2.05) is 54.6 Å². The number of carbonyl (C=O) groups is 2. The van der Waals surface area contributed by atoms with Crippen molar-refractivity contribution in [3.05, 3.63) is 95.8 Å². The van der Waals surface area contributed by atoms with Crippen LogP contribution < -0.4 is 9.80 Å². The molecule has 2 fully saturated rings. The summed E-state index contributed by atoms with van der Waals surface area (Å²) < 4.78 is 0. The molecule has 1 aromatic heterocycles. The lowest BCUT2D eigenvalue weighted by molar-refractivity contribution is -0.132. The minimum absolute atomic E-state index is 0.0810. The maximum atomic E-state index is 13.2. The molecule has 2 aromatic carbocycles. The third kappa shape index (κ3) is 3.89. The maximum Gasteiger partial charge on any atom is 0.300 e. The van der Waals surface area contributed by atoms with E-state index in [1.165, 1.54) is 24.2 Å². The van der Waals surface area contributed by atoms with Crippen LogP contribution in [-0.2, 0) is 9.59 Å². The Bertz CT molecular complexity index is 1180. The van der Waals surface area contributed by atoms with Gasteiger partial charge in [-0.15, -0.1) is 0 Å². The summed E-state index contributed by atoms with van der Waals surface area (Å²) in [6, 6.07) is 19.6. The molecule has 0 saturated carbocycles. The van der Waals surface area contributed by atoms with Gasteiger partial charge in [0.15, 0.2) is 0 Å². The Balaban J connectivity index is 1.59. The monoisotopic (exact) mass is 439 g/mol. The summed E-state index contributed by atoms with van der Waals surface area (Å²) in [4.78, 5) is 34.2. The van der Waals surface area contributed by atoms with Gasteiger partial charge < -0.3 is 10.0 Å². The second kappa shape index (κ2) is 8.90. The molecule has 1 unspecified atom stereocenters. The third-order valence-electron chi connectivity index (χ3n) is 6.36. The van der Waals surface area contributed by atoms with Crippen LogP contribution in [0.5, 0.6) is 0 Å². The van der Waals surface area contributed by atoms with Gasteiger partial charge >= 0.3 is 0 Å². The quantitative estimate of drug-likeness (QED) is 0.362. The highest BCUT2D eigenvalue weighted by Crippen LogP contribution is 2.42. The molecule has 5 rings (SSSR count). The van der Waals surface area contributed by atoms with E-state index in [0.717, 1.165) is 24.3 Å². The van der Waals surface area contributed by atoms with Gasteiger partial charge in [0.25, 0.3) is 11.7 Å². The third-order valence-corrected chi connectivity index (χ3v) is 6.36. The highest BCUT2D eigenvalue weighted by atomic mass is 16.3. The number of rotatable bonds is 4. The zero-order chi connectivity index (χ0) is 22.8. The van der Waals surface area contributed by atoms with Crippen LogP contribution in [0.3, 0.4) is 0 Å². The van der Waals surface area contributed by atoms with Gasteiger partial charge in [0, 0.05) is 42.4 Å². The molecule has 166 valence electrons. The Morgan fingerprint density at radius 2 is 1.45 bits per heavy atom.